The molecule has 4 aromatic rings. The number of benzene rings is 3. The first-order valence-corrected chi connectivity index (χ1v) is 8.77. The van der Waals surface area contributed by atoms with Crippen molar-refractivity contribution in [2.75, 3.05) is 0 Å². The summed E-state index contributed by atoms with van der Waals surface area (Å²) in [6.45, 7) is 2.08. The number of hydrogen-bond donors (Lipinski definition) is 0. The molecule has 5 rings (SSSR count). The minimum Gasteiger partial charge on any atom is -0.208 e. The van der Waals surface area contributed by atoms with Crippen LogP contribution in [-0.2, 0) is 6.42 Å². The van der Waals surface area contributed by atoms with E-state index < -0.39 is 0 Å². The lowest BCUT2D eigenvalue weighted by Crippen LogP contribution is -2.00. The fourth-order valence-corrected chi connectivity index (χ4v) is 3.27. The van der Waals surface area contributed by atoms with Crippen LogP contribution in [0.4, 0.5) is 0 Å². The van der Waals surface area contributed by atoms with E-state index in [9.17, 15) is 0 Å². The highest BCUT2D eigenvalue weighted by Crippen LogP contribution is 2.37. The van der Waals surface area contributed by atoms with Gasteiger partial charge in [0.15, 0.2) is 17.5 Å². The van der Waals surface area contributed by atoms with Gasteiger partial charge < -0.3 is 0 Å². The number of aromatic nitrogens is 3. The zero-order valence-corrected chi connectivity index (χ0v) is 14.5. The molecule has 0 aliphatic heterocycles. The van der Waals surface area contributed by atoms with E-state index in [1.807, 2.05) is 36.4 Å². The van der Waals surface area contributed by atoms with Crippen LogP contribution < -0.4 is 0 Å². The van der Waals surface area contributed by atoms with Gasteiger partial charge in [-0.05, 0) is 30.5 Å². The quantitative estimate of drug-likeness (QED) is 0.461. The highest BCUT2D eigenvalue weighted by Gasteiger charge is 2.23. The summed E-state index contributed by atoms with van der Waals surface area (Å²) in [5.41, 5.74) is 7.08. The third kappa shape index (κ3) is 2.68. The Morgan fingerprint density at radius 3 is 2.15 bits per heavy atom. The molecule has 0 unspecified atom stereocenters. The molecule has 0 N–H and O–H groups in total. The van der Waals surface area contributed by atoms with E-state index in [0.717, 1.165) is 34.8 Å². The van der Waals surface area contributed by atoms with Gasteiger partial charge in [-0.25, -0.2) is 15.0 Å². The highest BCUT2D eigenvalue weighted by atomic mass is 15.0. The lowest BCUT2D eigenvalue weighted by Gasteiger charge is -2.08. The van der Waals surface area contributed by atoms with Crippen LogP contribution >= 0.6 is 0 Å². The lowest BCUT2D eigenvalue weighted by atomic mass is 10.1. The lowest BCUT2D eigenvalue weighted by molar-refractivity contribution is 1.07. The first kappa shape index (κ1) is 15.0. The summed E-state index contributed by atoms with van der Waals surface area (Å²) in [6, 6.07) is 24.7. The SMILES string of the molecule is Cc1cccc(-c2nc(-c3ccccc3)nc(-c3cccc4c3C4)n2)c1. The van der Waals surface area contributed by atoms with Crippen molar-refractivity contribution in [3.8, 4) is 34.2 Å². The van der Waals surface area contributed by atoms with Gasteiger partial charge in [0.1, 0.15) is 0 Å². The first-order valence-electron chi connectivity index (χ1n) is 8.77. The molecule has 0 spiro atoms. The van der Waals surface area contributed by atoms with Crippen LogP contribution in [0.5, 0.6) is 0 Å². The van der Waals surface area contributed by atoms with E-state index in [1.165, 1.54) is 16.7 Å². The van der Waals surface area contributed by atoms with Gasteiger partial charge in [-0.2, -0.15) is 0 Å². The van der Waals surface area contributed by atoms with Gasteiger partial charge in [0.05, 0.1) is 0 Å². The molecule has 0 saturated heterocycles. The van der Waals surface area contributed by atoms with Gasteiger partial charge in [-0.15, -0.1) is 0 Å². The summed E-state index contributed by atoms with van der Waals surface area (Å²) < 4.78 is 0. The Morgan fingerprint density at radius 1 is 0.654 bits per heavy atom. The smallest absolute Gasteiger partial charge is 0.164 e. The molecule has 0 radical (unpaired) electrons. The third-order valence-electron chi connectivity index (χ3n) is 4.70. The summed E-state index contributed by atoms with van der Waals surface area (Å²) in [5.74, 6) is 2.19. The molecular weight excluding hydrogens is 318 g/mol. The van der Waals surface area contributed by atoms with E-state index in [-0.39, 0.29) is 0 Å². The largest absolute Gasteiger partial charge is 0.208 e. The number of rotatable bonds is 3. The maximum Gasteiger partial charge on any atom is 0.164 e. The standard InChI is InChI=1S/C23H17N3/c1-15-7-5-11-18(13-15)22-24-21(16-8-3-2-4-9-16)25-23(26-22)19-12-6-10-17-14-20(17)19/h2-13H,14H2,1H3. The van der Waals surface area contributed by atoms with Crippen LogP contribution in [0.2, 0.25) is 0 Å². The fourth-order valence-electron chi connectivity index (χ4n) is 3.27. The van der Waals surface area contributed by atoms with E-state index in [0.29, 0.717) is 5.82 Å². The second kappa shape index (κ2) is 5.88. The molecule has 1 aromatic heterocycles. The van der Waals surface area contributed by atoms with Crippen molar-refractivity contribution in [2.45, 2.75) is 13.3 Å². The molecule has 0 fully saturated rings. The topological polar surface area (TPSA) is 38.7 Å². The Hall–Kier alpha value is -3.33. The van der Waals surface area contributed by atoms with Crippen molar-refractivity contribution >= 4 is 0 Å². The zero-order valence-electron chi connectivity index (χ0n) is 14.5. The summed E-state index contributed by atoms with van der Waals surface area (Å²) in [7, 11) is 0. The fraction of sp³-hybridized carbons (Fsp3) is 0.0870. The summed E-state index contributed by atoms with van der Waals surface area (Å²) in [5, 5.41) is 0. The predicted octanol–water partition coefficient (Wildman–Crippen LogP) is 5.09. The molecule has 0 atom stereocenters. The van der Waals surface area contributed by atoms with E-state index in [4.69, 9.17) is 15.0 Å². The van der Waals surface area contributed by atoms with E-state index in [1.54, 1.807) is 0 Å². The first-order chi connectivity index (χ1) is 12.8. The number of hydrogen-bond acceptors (Lipinski definition) is 3. The molecule has 3 heteroatoms. The van der Waals surface area contributed by atoms with Gasteiger partial charge in [-0.3, -0.25) is 0 Å². The maximum atomic E-state index is 4.81. The van der Waals surface area contributed by atoms with Gasteiger partial charge in [-0.1, -0.05) is 72.3 Å². The van der Waals surface area contributed by atoms with Gasteiger partial charge in [0, 0.05) is 16.7 Å². The van der Waals surface area contributed by atoms with Crippen LogP contribution in [0, 0.1) is 6.92 Å². The number of aryl methyl sites for hydroxylation is 1. The predicted molar refractivity (Wildman–Crippen MR) is 104 cm³/mol. The highest BCUT2D eigenvalue weighted by molar-refractivity contribution is 5.73. The molecule has 3 nitrogen and oxygen atoms in total. The van der Waals surface area contributed by atoms with E-state index >= 15 is 0 Å². The Labute approximate surface area is 152 Å². The summed E-state index contributed by atoms with van der Waals surface area (Å²) >= 11 is 0. The Kier molecular flexibility index (Phi) is 3.39. The Bertz CT molecular complexity index is 1120. The number of nitrogens with zero attached hydrogens (tertiary/aromatic N) is 3. The molecule has 124 valence electrons. The molecule has 1 aliphatic rings. The molecule has 3 aromatic carbocycles. The average molecular weight is 335 g/mol. The van der Waals surface area contributed by atoms with Crippen molar-refractivity contribution in [1.29, 1.82) is 0 Å². The average Bonchev–Trinajstić information content (AvgIpc) is 3.48. The minimum absolute atomic E-state index is 0.713. The second-order valence-electron chi connectivity index (χ2n) is 6.66. The summed E-state index contributed by atoms with van der Waals surface area (Å²) in [4.78, 5) is 14.4. The molecule has 0 bridgehead atoms. The van der Waals surface area contributed by atoms with E-state index in [2.05, 4.69) is 43.3 Å². The molecule has 0 amide bonds. The van der Waals surface area contributed by atoms with Gasteiger partial charge in [0.2, 0.25) is 0 Å². The molecule has 1 aliphatic carbocycles. The zero-order chi connectivity index (χ0) is 17.5. The van der Waals surface area contributed by atoms with Crippen molar-refractivity contribution in [2.24, 2.45) is 0 Å². The maximum absolute atomic E-state index is 4.81. The number of fused-ring (bicyclic) bond motifs is 1. The van der Waals surface area contributed by atoms with Gasteiger partial charge in [0.25, 0.3) is 0 Å². The van der Waals surface area contributed by atoms with Crippen LogP contribution in [0.1, 0.15) is 16.7 Å². The molecular formula is C23H17N3. The van der Waals surface area contributed by atoms with Gasteiger partial charge >= 0.3 is 0 Å². The second-order valence-corrected chi connectivity index (χ2v) is 6.66. The molecule has 0 saturated carbocycles. The Balaban J connectivity index is 1.73. The monoisotopic (exact) mass is 335 g/mol. The van der Waals surface area contributed by atoms with Crippen LogP contribution in [0.15, 0.2) is 72.8 Å². The summed E-state index contributed by atoms with van der Waals surface area (Å²) in [6.07, 6.45) is 1.04. The van der Waals surface area contributed by atoms with Crippen molar-refractivity contribution in [3.63, 3.8) is 0 Å². The van der Waals surface area contributed by atoms with Crippen LogP contribution in [-0.4, -0.2) is 15.0 Å². The minimum atomic E-state index is 0.713. The van der Waals surface area contributed by atoms with Crippen molar-refractivity contribution in [1.82, 2.24) is 15.0 Å². The molecule has 26 heavy (non-hydrogen) atoms. The Morgan fingerprint density at radius 2 is 1.35 bits per heavy atom. The van der Waals surface area contributed by atoms with Crippen molar-refractivity contribution in [3.05, 3.63) is 89.5 Å². The van der Waals surface area contributed by atoms with Crippen LogP contribution in [0.3, 0.4) is 0 Å². The van der Waals surface area contributed by atoms with Crippen molar-refractivity contribution < 1.29 is 0 Å². The normalized spacial score (nSPS) is 11.9. The third-order valence-corrected chi connectivity index (χ3v) is 4.70. The molecule has 1 heterocycles. The van der Waals surface area contributed by atoms with Crippen LogP contribution in [0.25, 0.3) is 34.2 Å².